The Morgan fingerprint density at radius 2 is 2.05 bits per heavy atom. The van der Waals surface area contributed by atoms with E-state index in [0.717, 1.165) is 43.9 Å². The molecule has 0 unspecified atom stereocenters. The maximum absolute atomic E-state index is 14.1. The van der Waals surface area contributed by atoms with Crippen LogP contribution in [0.25, 0.3) is 11.3 Å². The first-order chi connectivity index (χ1) is 10.8. The molecule has 0 spiro atoms. The number of halogens is 1. The van der Waals surface area contributed by atoms with Gasteiger partial charge in [-0.25, -0.2) is 4.39 Å². The molecular formula is C17H20FN3O. The van der Waals surface area contributed by atoms with Crippen molar-refractivity contribution in [1.82, 2.24) is 15.4 Å². The molecule has 2 aliphatic heterocycles. The Labute approximate surface area is 129 Å². The second-order valence-corrected chi connectivity index (χ2v) is 6.11. The molecule has 0 saturated carbocycles. The summed E-state index contributed by atoms with van der Waals surface area (Å²) in [4.78, 5) is 2.50. The highest BCUT2D eigenvalue weighted by atomic mass is 19.1. The smallest absolute Gasteiger partial charge is 0.143 e. The van der Waals surface area contributed by atoms with Crippen LogP contribution in [0, 0.1) is 5.82 Å². The number of hydrogen-bond donors (Lipinski definition) is 1. The van der Waals surface area contributed by atoms with E-state index in [2.05, 4.69) is 15.4 Å². The number of rotatable bonds is 2. The van der Waals surface area contributed by atoms with Crippen molar-refractivity contribution in [1.29, 1.82) is 0 Å². The molecule has 0 bridgehead atoms. The summed E-state index contributed by atoms with van der Waals surface area (Å²) >= 11 is 0. The van der Waals surface area contributed by atoms with Crippen LogP contribution in [0.1, 0.15) is 24.2 Å². The van der Waals surface area contributed by atoms with Crippen LogP contribution in [-0.4, -0.2) is 35.7 Å². The predicted molar refractivity (Wildman–Crippen MR) is 81.9 cm³/mol. The molecule has 3 heterocycles. The molecule has 0 aliphatic carbocycles. The molecule has 116 valence electrons. The van der Waals surface area contributed by atoms with Crippen molar-refractivity contribution >= 4 is 0 Å². The SMILES string of the molecule is Fc1ccccc1-c1noc2c1CN(C1CCNCC1)CC2. The Balaban J connectivity index is 1.63. The fourth-order valence-electron chi connectivity index (χ4n) is 3.58. The summed E-state index contributed by atoms with van der Waals surface area (Å²) in [5.41, 5.74) is 2.28. The first kappa shape index (κ1) is 13.9. The summed E-state index contributed by atoms with van der Waals surface area (Å²) < 4.78 is 19.5. The fourth-order valence-corrected chi connectivity index (χ4v) is 3.58. The topological polar surface area (TPSA) is 41.3 Å². The molecule has 5 heteroatoms. The third kappa shape index (κ3) is 2.44. The molecule has 4 nitrogen and oxygen atoms in total. The number of benzene rings is 1. The van der Waals surface area contributed by atoms with Crippen molar-refractivity contribution in [2.45, 2.75) is 31.8 Å². The molecule has 22 heavy (non-hydrogen) atoms. The molecule has 0 radical (unpaired) electrons. The van der Waals surface area contributed by atoms with Crippen molar-refractivity contribution in [3.63, 3.8) is 0 Å². The van der Waals surface area contributed by atoms with Gasteiger partial charge in [0.05, 0.1) is 0 Å². The number of fused-ring (bicyclic) bond motifs is 1. The minimum Gasteiger partial charge on any atom is -0.360 e. The maximum atomic E-state index is 14.1. The van der Waals surface area contributed by atoms with Crippen molar-refractivity contribution in [2.24, 2.45) is 0 Å². The van der Waals surface area contributed by atoms with E-state index in [-0.39, 0.29) is 5.82 Å². The van der Waals surface area contributed by atoms with Gasteiger partial charge < -0.3 is 9.84 Å². The normalized spacial score (nSPS) is 20.0. The lowest BCUT2D eigenvalue weighted by Gasteiger charge is -2.36. The molecular weight excluding hydrogens is 281 g/mol. The average molecular weight is 301 g/mol. The minimum absolute atomic E-state index is 0.238. The van der Waals surface area contributed by atoms with Gasteiger partial charge in [0.15, 0.2) is 0 Å². The average Bonchev–Trinajstić information content (AvgIpc) is 2.99. The van der Waals surface area contributed by atoms with Gasteiger partial charge >= 0.3 is 0 Å². The summed E-state index contributed by atoms with van der Waals surface area (Å²) in [6.07, 6.45) is 3.21. The number of nitrogens with zero attached hydrogens (tertiary/aromatic N) is 2. The molecule has 1 aromatic carbocycles. The molecule has 1 aromatic heterocycles. The number of nitrogens with one attached hydrogen (secondary N) is 1. The van der Waals surface area contributed by atoms with Crippen LogP contribution < -0.4 is 5.32 Å². The van der Waals surface area contributed by atoms with Crippen LogP contribution in [0.4, 0.5) is 4.39 Å². The lowest BCUT2D eigenvalue weighted by Crippen LogP contribution is -2.45. The van der Waals surface area contributed by atoms with E-state index in [4.69, 9.17) is 4.52 Å². The Morgan fingerprint density at radius 3 is 2.86 bits per heavy atom. The Hall–Kier alpha value is -1.72. The number of piperidine rings is 1. The van der Waals surface area contributed by atoms with E-state index in [1.54, 1.807) is 12.1 Å². The summed E-state index contributed by atoms with van der Waals surface area (Å²) in [7, 11) is 0. The third-order valence-corrected chi connectivity index (χ3v) is 4.81. The summed E-state index contributed by atoms with van der Waals surface area (Å²) in [6, 6.07) is 7.40. The molecule has 2 aromatic rings. The monoisotopic (exact) mass is 301 g/mol. The zero-order chi connectivity index (χ0) is 14.9. The molecule has 1 saturated heterocycles. The highest BCUT2D eigenvalue weighted by Gasteiger charge is 2.30. The fraction of sp³-hybridized carbons (Fsp3) is 0.471. The second kappa shape index (κ2) is 5.82. The van der Waals surface area contributed by atoms with E-state index in [1.807, 2.05) is 6.07 Å². The van der Waals surface area contributed by atoms with Gasteiger partial charge in [-0.1, -0.05) is 17.3 Å². The maximum Gasteiger partial charge on any atom is 0.143 e. The van der Waals surface area contributed by atoms with Crippen molar-refractivity contribution in [3.8, 4) is 11.3 Å². The summed E-state index contributed by atoms with van der Waals surface area (Å²) in [6.45, 7) is 3.98. The second-order valence-electron chi connectivity index (χ2n) is 6.11. The summed E-state index contributed by atoms with van der Waals surface area (Å²) in [5.74, 6) is 0.682. The predicted octanol–water partition coefficient (Wildman–Crippen LogP) is 2.59. The van der Waals surface area contributed by atoms with E-state index >= 15 is 0 Å². The van der Waals surface area contributed by atoms with Crippen LogP contribution in [0.2, 0.25) is 0 Å². The Kier molecular flexibility index (Phi) is 3.68. The van der Waals surface area contributed by atoms with Crippen LogP contribution in [0.5, 0.6) is 0 Å². The zero-order valence-electron chi connectivity index (χ0n) is 12.5. The van der Waals surface area contributed by atoms with Gasteiger partial charge in [0.1, 0.15) is 17.3 Å². The standard InChI is InChI=1S/C17H20FN3O/c18-15-4-2-1-3-13(15)17-14-11-21(10-7-16(14)22-20-17)12-5-8-19-9-6-12/h1-4,12,19H,5-11H2. The number of aromatic nitrogens is 1. The largest absolute Gasteiger partial charge is 0.360 e. The lowest BCUT2D eigenvalue weighted by molar-refractivity contribution is 0.141. The lowest BCUT2D eigenvalue weighted by atomic mass is 9.97. The minimum atomic E-state index is -0.238. The van der Waals surface area contributed by atoms with Gasteiger partial charge in [-0.2, -0.15) is 0 Å². The van der Waals surface area contributed by atoms with E-state index in [9.17, 15) is 4.39 Å². The molecule has 2 aliphatic rings. The van der Waals surface area contributed by atoms with Gasteiger partial charge in [-0.15, -0.1) is 0 Å². The molecule has 1 fully saturated rings. The number of hydrogen-bond acceptors (Lipinski definition) is 4. The quantitative estimate of drug-likeness (QED) is 0.926. The first-order valence-corrected chi connectivity index (χ1v) is 8.00. The van der Waals surface area contributed by atoms with E-state index < -0.39 is 0 Å². The van der Waals surface area contributed by atoms with Crippen molar-refractivity contribution in [2.75, 3.05) is 19.6 Å². The summed E-state index contributed by atoms with van der Waals surface area (Å²) in [5, 5.41) is 7.56. The zero-order valence-corrected chi connectivity index (χ0v) is 12.5. The van der Waals surface area contributed by atoms with E-state index in [1.165, 1.54) is 18.9 Å². The van der Waals surface area contributed by atoms with E-state index in [0.29, 0.717) is 17.3 Å². The van der Waals surface area contributed by atoms with Gasteiger partial charge in [-0.3, -0.25) is 4.90 Å². The van der Waals surface area contributed by atoms with Crippen molar-refractivity contribution in [3.05, 3.63) is 41.4 Å². The van der Waals surface area contributed by atoms with Crippen LogP contribution in [0.15, 0.2) is 28.8 Å². The Morgan fingerprint density at radius 1 is 1.23 bits per heavy atom. The Bertz CT molecular complexity index is 664. The van der Waals surface area contributed by atoms with Crippen LogP contribution >= 0.6 is 0 Å². The third-order valence-electron chi connectivity index (χ3n) is 4.81. The highest BCUT2D eigenvalue weighted by molar-refractivity contribution is 5.64. The van der Waals surface area contributed by atoms with Crippen LogP contribution in [-0.2, 0) is 13.0 Å². The molecule has 0 atom stereocenters. The van der Waals surface area contributed by atoms with Crippen LogP contribution in [0.3, 0.4) is 0 Å². The van der Waals surface area contributed by atoms with Gasteiger partial charge in [0, 0.05) is 36.7 Å². The van der Waals surface area contributed by atoms with Gasteiger partial charge in [0.2, 0.25) is 0 Å². The first-order valence-electron chi connectivity index (χ1n) is 8.00. The molecule has 4 rings (SSSR count). The van der Waals surface area contributed by atoms with Gasteiger partial charge in [-0.05, 0) is 38.1 Å². The van der Waals surface area contributed by atoms with Gasteiger partial charge in [0.25, 0.3) is 0 Å². The highest BCUT2D eigenvalue weighted by Crippen LogP contribution is 2.32. The van der Waals surface area contributed by atoms with Crippen molar-refractivity contribution < 1.29 is 8.91 Å². The molecule has 0 amide bonds. The molecule has 1 N–H and O–H groups in total.